The van der Waals surface area contributed by atoms with E-state index in [1.165, 1.54) is 43.7 Å². The van der Waals surface area contributed by atoms with Crippen LogP contribution in [0.1, 0.15) is 11.3 Å². The highest BCUT2D eigenvalue weighted by Crippen LogP contribution is 2.32. The molecule has 28 heavy (non-hydrogen) atoms. The Kier molecular flexibility index (Phi) is 3.50. The van der Waals surface area contributed by atoms with Crippen LogP contribution in [-0.4, -0.2) is 17.5 Å². The summed E-state index contributed by atoms with van der Waals surface area (Å²) in [6.45, 7) is 11.6. The second-order valence-electron chi connectivity index (χ2n) is 8.96. The van der Waals surface area contributed by atoms with Crippen molar-refractivity contribution in [1.82, 2.24) is 9.38 Å². The number of pyridine rings is 2. The minimum atomic E-state index is -1.56. The molecule has 0 N–H and O–H groups in total. The molecule has 140 valence electrons. The van der Waals surface area contributed by atoms with Crippen molar-refractivity contribution in [1.29, 1.82) is 0 Å². The average molecular weight is 385 g/mol. The summed E-state index contributed by atoms with van der Waals surface area (Å²) in [6, 6.07) is 17.7. The number of fused-ring (bicyclic) bond motifs is 8. The van der Waals surface area contributed by atoms with Gasteiger partial charge in [0.1, 0.15) is 5.52 Å². The minimum absolute atomic E-state index is 1.08. The highest BCUT2D eigenvalue weighted by Gasteiger charge is 2.29. The molecule has 0 spiro atoms. The number of benzene rings is 2. The maximum absolute atomic E-state index is 5.10. The monoisotopic (exact) mass is 384 g/mol. The largest absolute Gasteiger partial charge is 0.297 e. The Bertz CT molecular complexity index is 1420. The van der Waals surface area contributed by atoms with Gasteiger partial charge in [0.15, 0.2) is 11.0 Å². The van der Waals surface area contributed by atoms with E-state index in [2.05, 4.69) is 98.0 Å². The molecule has 0 aliphatic heterocycles. The Balaban J connectivity index is 2.25. The Labute approximate surface area is 166 Å². The van der Waals surface area contributed by atoms with E-state index in [0.717, 1.165) is 11.2 Å². The molecule has 5 aromatic rings. The van der Waals surface area contributed by atoms with Crippen LogP contribution in [-0.2, 0) is 7.05 Å². The fraction of sp³-hybridized carbons (Fsp3) is 0.250. The molecular formula is C24H26N3Si+. The second kappa shape index (κ2) is 5.64. The van der Waals surface area contributed by atoms with Crippen molar-refractivity contribution in [2.24, 2.45) is 7.05 Å². The third-order valence-electron chi connectivity index (χ3n) is 5.91. The molecule has 0 atom stereocenters. The second-order valence-corrected chi connectivity index (χ2v) is 14.0. The van der Waals surface area contributed by atoms with E-state index in [9.17, 15) is 0 Å². The third kappa shape index (κ3) is 2.21. The van der Waals surface area contributed by atoms with Gasteiger partial charge in [0.2, 0.25) is 0 Å². The highest BCUT2D eigenvalue weighted by molar-refractivity contribution is 6.90. The quantitative estimate of drug-likeness (QED) is 0.231. The Morgan fingerprint density at radius 2 is 1.61 bits per heavy atom. The van der Waals surface area contributed by atoms with Crippen molar-refractivity contribution < 1.29 is 4.57 Å². The van der Waals surface area contributed by atoms with Crippen molar-refractivity contribution in [3.8, 4) is 0 Å². The lowest BCUT2D eigenvalue weighted by Gasteiger charge is -2.20. The highest BCUT2D eigenvalue weighted by atomic mass is 28.3. The molecular weight excluding hydrogens is 358 g/mol. The predicted octanol–water partition coefficient (Wildman–Crippen LogP) is 4.78. The molecule has 0 saturated carbocycles. The van der Waals surface area contributed by atoms with E-state index in [-0.39, 0.29) is 0 Å². The minimum Gasteiger partial charge on any atom is -0.252 e. The predicted molar refractivity (Wildman–Crippen MR) is 121 cm³/mol. The molecule has 0 aliphatic carbocycles. The van der Waals surface area contributed by atoms with Crippen LogP contribution >= 0.6 is 0 Å². The van der Waals surface area contributed by atoms with Gasteiger partial charge >= 0.3 is 0 Å². The Morgan fingerprint density at radius 3 is 2.36 bits per heavy atom. The first-order valence-electron chi connectivity index (χ1n) is 9.91. The van der Waals surface area contributed by atoms with Crippen LogP contribution in [0.15, 0.2) is 48.5 Å². The zero-order valence-corrected chi connectivity index (χ0v) is 18.5. The van der Waals surface area contributed by atoms with Gasteiger partial charge < -0.3 is 0 Å². The van der Waals surface area contributed by atoms with Gasteiger partial charge in [-0.1, -0.05) is 43.9 Å². The van der Waals surface area contributed by atoms with Gasteiger partial charge in [0, 0.05) is 11.1 Å². The number of nitrogens with zero attached hydrogens (tertiary/aromatic N) is 3. The summed E-state index contributed by atoms with van der Waals surface area (Å²) in [5.41, 5.74) is 8.50. The lowest BCUT2D eigenvalue weighted by atomic mass is 10.1. The van der Waals surface area contributed by atoms with Crippen LogP contribution in [0.3, 0.4) is 0 Å². The van der Waals surface area contributed by atoms with E-state index in [1.807, 2.05) is 0 Å². The van der Waals surface area contributed by atoms with Gasteiger partial charge in [-0.2, -0.15) is 4.40 Å². The summed E-state index contributed by atoms with van der Waals surface area (Å²) < 4.78 is 4.77. The van der Waals surface area contributed by atoms with Crippen molar-refractivity contribution in [2.75, 3.05) is 0 Å². The van der Waals surface area contributed by atoms with Crippen molar-refractivity contribution in [2.45, 2.75) is 33.5 Å². The molecule has 0 radical (unpaired) electrons. The molecule has 0 saturated heterocycles. The van der Waals surface area contributed by atoms with Gasteiger partial charge in [0.05, 0.1) is 26.0 Å². The fourth-order valence-electron chi connectivity index (χ4n) is 4.74. The van der Waals surface area contributed by atoms with Gasteiger partial charge in [0.25, 0.3) is 5.65 Å². The summed E-state index contributed by atoms with van der Waals surface area (Å²) in [5, 5.41) is 4.08. The average Bonchev–Trinajstić information content (AvgIpc) is 2.93. The SMILES string of the molecule is Cc1cc(C)c2c(n1)c1c([Si](C)(C)C)cccc1n1c3ccccc3[n+](C)c21. The first kappa shape index (κ1) is 17.4. The lowest BCUT2D eigenvalue weighted by Crippen LogP contribution is -2.38. The van der Waals surface area contributed by atoms with Gasteiger partial charge in [-0.25, -0.2) is 4.57 Å². The summed E-state index contributed by atoms with van der Waals surface area (Å²) in [6.07, 6.45) is 0. The fourth-order valence-corrected chi connectivity index (χ4v) is 6.33. The van der Waals surface area contributed by atoms with Crippen LogP contribution in [0.2, 0.25) is 19.6 Å². The molecule has 3 aromatic heterocycles. The molecule has 5 rings (SSSR count). The van der Waals surface area contributed by atoms with Crippen LogP contribution in [0.5, 0.6) is 0 Å². The van der Waals surface area contributed by atoms with E-state index >= 15 is 0 Å². The van der Waals surface area contributed by atoms with E-state index in [0.29, 0.717) is 0 Å². The maximum Gasteiger partial charge on any atom is 0.297 e. The van der Waals surface area contributed by atoms with Crippen LogP contribution in [0.25, 0.3) is 38.5 Å². The summed E-state index contributed by atoms with van der Waals surface area (Å²) >= 11 is 0. The molecule has 0 bridgehead atoms. The number of hydrogen-bond acceptors (Lipinski definition) is 1. The smallest absolute Gasteiger partial charge is 0.252 e. The first-order valence-corrected chi connectivity index (χ1v) is 13.4. The summed E-state index contributed by atoms with van der Waals surface area (Å²) in [4.78, 5) is 5.10. The standard InChI is InChI=1S/C24H26N3Si/c1-15-14-16(2)25-23-21(15)24-26(3)17-10-7-8-11-18(17)27(24)19-12-9-13-20(22(19)23)28(4,5)6/h7-14H,1-6H3/q+1. The molecule has 0 aliphatic rings. The van der Waals surface area contributed by atoms with Gasteiger partial charge in [-0.05, 0) is 48.9 Å². The Morgan fingerprint density at radius 1 is 0.893 bits per heavy atom. The number of imidazole rings is 1. The third-order valence-corrected chi connectivity index (χ3v) is 7.94. The maximum atomic E-state index is 5.10. The molecule has 3 heterocycles. The molecule has 0 fully saturated rings. The van der Waals surface area contributed by atoms with Crippen LogP contribution in [0, 0.1) is 13.8 Å². The van der Waals surface area contributed by atoms with Crippen molar-refractivity contribution >= 4 is 51.7 Å². The molecule has 2 aromatic carbocycles. The zero-order chi connectivity index (χ0) is 19.8. The molecule has 0 unspecified atom stereocenters. The van der Waals surface area contributed by atoms with Crippen molar-refractivity contribution in [3.05, 3.63) is 59.8 Å². The summed E-state index contributed by atoms with van der Waals surface area (Å²) in [5.74, 6) is 0. The number of hydrogen-bond donors (Lipinski definition) is 0. The van der Waals surface area contributed by atoms with E-state index < -0.39 is 8.07 Å². The van der Waals surface area contributed by atoms with E-state index in [4.69, 9.17) is 4.98 Å². The lowest BCUT2D eigenvalue weighted by molar-refractivity contribution is -0.617. The van der Waals surface area contributed by atoms with Gasteiger partial charge in [-0.3, -0.25) is 4.98 Å². The molecule has 0 amide bonds. The molecule has 4 heteroatoms. The summed E-state index contributed by atoms with van der Waals surface area (Å²) in [7, 11) is 0.613. The number of aromatic nitrogens is 3. The molecule has 3 nitrogen and oxygen atoms in total. The number of aryl methyl sites for hydroxylation is 3. The zero-order valence-electron chi connectivity index (χ0n) is 17.5. The van der Waals surface area contributed by atoms with Gasteiger partial charge in [-0.15, -0.1) is 0 Å². The Hall–Kier alpha value is -2.72. The van der Waals surface area contributed by atoms with Crippen LogP contribution < -0.4 is 9.75 Å². The van der Waals surface area contributed by atoms with Crippen molar-refractivity contribution in [3.63, 3.8) is 0 Å². The number of rotatable bonds is 1. The van der Waals surface area contributed by atoms with E-state index in [1.54, 1.807) is 0 Å². The topological polar surface area (TPSA) is 21.2 Å². The number of para-hydroxylation sites is 2. The normalized spacial score (nSPS) is 12.6. The first-order chi connectivity index (χ1) is 13.3. The van der Waals surface area contributed by atoms with Crippen LogP contribution in [0.4, 0.5) is 0 Å².